The van der Waals surface area contributed by atoms with Crippen molar-refractivity contribution in [1.29, 1.82) is 0 Å². The summed E-state index contributed by atoms with van der Waals surface area (Å²) in [6.45, 7) is 1.90. The first kappa shape index (κ1) is 12.3. The van der Waals surface area contributed by atoms with Gasteiger partial charge in [0.1, 0.15) is 0 Å². The van der Waals surface area contributed by atoms with Gasteiger partial charge in [0.25, 0.3) is 0 Å². The van der Waals surface area contributed by atoms with E-state index in [9.17, 15) is 4.79 Å². The van der Waals surface area contributed by atoms with Gasteiger partial charge in [-0.1, -0.05) is 0 Å². The average molecular weight is 260 g/mol. The summed E-state index contributed by atoms with van der Waals surface area (Å²) in [4.78, 5) is 20.0. The number of aromatic nitrogens is 1. The second-order valence-corrected chi connectivity index (χ2v) is 5.60. The molecule has 2 aliphatic rings. The molecule has 1 aromatic heterocycles. The molecule has 19 heavy (non-hydrogen) atoms. The minimum Gasteiger partial charge on any atom is -0.396 e. The molecule has 0 radical (unpaired) electrons. The monoisotopic (exact) mass is 260 g/mol. The zero-order valence-electron chi connectivity index (χ0n) is 11.3. The first-order valence-corrected chi connectivity index (χ1v) is 6.83. The van der Waals surface area contributed by atoms with Crippen molar-refractivity contribution in [2.75, 3.05) is 30.8 Å². The first-order valence-electron chi connectivity index (χ1n) is 6.83. The highest BCUT2D eigenvalue weighted by molar-refractivity contribution is 5.79. The molecule has 1 spiro atoms. The van der Waals surface area contributed by atoms with Gasteiger partial charge in [0.05, 0.1) is 17.6 Å². The van der Waals surface area contributed by atoms with Crippen LogP contribution in [0, 0.1) is 0 Å². The molecule has 0 atom stereocenters. The predicted molar refractivity (Wildman–Crippen MR) is 74.8 cm³/mol. The van der Waals surface area contributed by atoms with Crippen molar-refractivity contribution in [2.24, 2.45) is 0 Å². The van der Waals surface area contributed by atoms with E-state index in [4.69, 9.17) is 5.73 Å². The summed E-state index contributed by atoms with van der Waals surface area (Å²) in [5.74, 6) is 0.289. The molecule has 0 aromatic carbocycles. The van der Waals surface area contributed by atoms with Gasteiger partial charge in [-0.25, -0.2) is 0 Å². The number of piperidine rings is 1. The number of carbonyl (C=O) groups excluding carboxylic acids is 1. The molecular formula is C14H20N4O. The third-order valence-electron chi connectivity index (χ3n) is 4.75. The van der Waals surface area contributed by atoms with E-state index in [2.05, 4.69) is 9.88 Å². The third-order valence-corrected chi connectivity index (χ3v) is 4.75. The van der Waals surface area contributed by atoms with Crippen molar-refractivity contribution in [1.82, 2.24) is 9.88 Å². The van der Waals surface area contributed by atoms with Gasteiger partial charge in [-0.15, -0.1) is 0 Å². The van der Waals surface area contributed by atoms with Crippen LogP contribution in [0.5, 0.6) is 0 Å². The summed E-state index contributed by atoms with van der Waals surface area (Å²) in [5, 5.41) is 0. The molecule has 5 nitrogen and oxygen atoms in total. The SMILES string of the molecule is CN1C(=O)CCC12CCN(c1ccncc1N)CC2. The van der Waals surface area contributed by atoms with Gasteiger partial charge >= 0.3 is 0 Å². The molecular weight excluding hydrogens is 240 g/mol. The maximum atomic E-state index is 11.7. The molecule has 0 unspecified atom stereocenters. The van der Waals surface area contributed by atoms with E-state index in [-0.39, 0.29) is 11.4 Å². The Kier molecular flexibility index (Phi) is 2.84. The fourth-order valence-electron chi connectivity index (χ4n) is 3.38. The Bertz CT molecular complexity index is 494. The van der Waals surface area contributed by atoms with Gasteiger partial charge < -0.3 is 15.5 Å². The van der Waals surface area contributed by atoms with Crippen LogP contribution >= 0.6 is 0 Å². The lowest BCUT2D eigenvalue weighted by Crippen LogP contribution is -2.51. The molecule has 0 bridgehead atoms. The lowest BCUT2D eigenvalue weighted by atomic mass is 9.85. The van der Waals surface area contributed by atoms with Gasteiger partial charge in [-0.2, -0.15) is 0 Å². The van der Waals surface area contributed by atoms with Crippen LogP contribution in [0.3, 0.4) is 0 Å². The van der Waals surface area contributed by atoms with E-state index >= 15 is 0 Å². The Hall–Kier alpha value is -1.78. The van der Waals surface area contributed by atoms with Gasteiger partial charge in [-0.3, -0.25) is 9.78 Å². The van der Waals surface area contributed by atoms with Crippen molar-refractivity contribution < 1.29 is 4.79 Å². The number of anilines is 2. The molecule has 3 rings (SSSR count). The number of nitrogen functional groups attached to an aromatic ring is 1. The number of nitrogens with zero attached hydrogens (tertiary/aromatic N) is 3. The Morgan fingerprint density at radius 2 is 2.05 bits per heavy atom. The summed E-state index contributed by atoms with van der Waals surface area (Å²) < 4.78 is 0. The van der Waals surface area contributed by atoms with Crippen LogP contribution in [-0.2, 0) is 4.79 Å². The van der Waals surface area contributed by atoms with Crippen LogP contribution in [0.25, 0.3) is 0 Å². The summed E-state index contributed by atoms with van der Waals surface area (Å²) in [6, 6.07) is 1.97. The fraction of sp³-hybridized carbons (Fsp3) is 0.571. The van der Waals surface area contributed by atoms with Crippen LogP contribution in [0.2, 0.25) is 0 Å². The minimum absolute atomic E-state index is 0.0926. The quantitative estimate of drug-likeness (QED) is 0.825. The van der Waals surface area contributed by atoms with Crippen LogP contribution in [0.15, 0.2) is 18.5 Å². The molecule has 102 valence electrons. The second-order valence-electron chi connectivity index (χ2n) is 5.60. The number of carbonyl (C=O) groups is 1. The van der Waals surface area contributed by atoms with E-state index in [0.29, 0.717) is 6.42 Å². The van der Waals surface area contributed by atoms with Gasteiger partial charge in [0.2, 0.25) is 5.91 Å². The largest absolute Gasteiger partial charge is 0.396 e. The highest BCUT2D eigenvalue weighted by atomic mass is 16.2. The number of amides is 1. The van der Waals surface area contributed by atoms with Crippen molar-refractivity contribution in [3.8, 4) is 0 Å². The number of rotatable bonds is 1. The van der Waals surface area contributed by atoms with E-state index in [1.54, 1.807) is 12.4 Å². The van der Waals surface area contributed by atoms with Gasteiger partial charge in [-0.05, 0) is 25.3 Å². The van der Waals surface area contributed by atoms with Crippen LogP contribution in [0.1, 0.15) is 25.7 Å². The maximum Gasteiger partial charge on any atom is 0.222 e. The number of likely N-dealkylation sites (tertiary alicyclic amines) is 1. The normalized spacial score (nSPS) is 22.3. The maximum absolute atomic E-state index is 11.7. The fourth-order valence-corrected chi connectivity index (χ4v) is 3.38. The molecule has 2 aliphatic heterocycles. The lowest BCUT2D eigenvalue weighted by Gasteiger charge is -2.44. The number of pyridine rings is 1. The predicted octanol–water partition coefficient (Wildman–Crippen LogP) is 1.25. The molecule has 1 amide bonds. The molecule has 3 heterocycles. The van der Waals surface area contributed by atoms with Gasteiger partial charge in [0.15, 0.2) is 0 Å². The van der Waals surface area contributed by atoms with Crippen molar-refractivity contribution in [3.63, 3.8) is 0 Å². The Balaban J connectivity index is 1.74. The van der Waals surface area contributed by atoms with Crippen molar-refractivity contribution in [2.45, 2.75) is 31.2 Å². The molecule has 2 fully saturated rings. The zero-order chi connectivity index (χ0) is 13.5. The highest BCUT2D eigenvalue weighted by Crippen LogP contribution is 2.39. The summed E-state index contributed by atoms with van der Waals surface area (Å²) in [7, 11) is 1.95. The van der Waals surface area contributed by atoms with E-state index in [1.807, 2.05) is 18.0 Å². The van der Waals surface area contributed by atoms with Crippen LogP contribution in [0.4, 0.5) is 11.4 Å². The number of nitrogens with two attached hydrogens (primary N) is 1. The summed E-state index contributed by atoms with van der Waals surface area (Å²) in [5.41, 5.74) is 7.87. The Labute approximate surface area is 113 Å². The standard InChI is InChI=1S/C14H20N4O/c1-17-13(19)2-4-14(17)5-8-18(9-6-14)12-3-7-16-10-11(12)15/h3,7,10H,2,4-6,8-9,15H2,1H3. The van der Waals surface area contributed by atoms with E-state index in [0.717, 1.165) is 43.7 Å². The molecule has 0 aliphatic carbocycles. The van der Waals surface area contributed by atoms with Crippen LogP contribution in [-0.4, -0.2) is 41.5 Å². The molecule has 1 aromatic rings. The second kappa shape index (κ2) is 4.40. The molecule has 5 heteroatoms. The van der Waals surface area contributed by atoms with Crippen molar-refractivity contribution >= 4 is 17.3 Å². The molecule has 2 saturated heterocycles. The average Bonchev–Trinajstić information content (AvgIpc) is 2.70. The van der Waals surface area contributed by atoms with E-state index in [1.165, 1.54) is 0 Å². The Morgan fingerprint density at radius 1 is 1.32 bits per heavy atom. The van der Waals surface area contributed by atoms with Gasteiger partial charge in [0, 0.05) is 38.3 Å². The van der Waals surface area contributed by atoms with E-state index < -0.39 is 0 Å². The third kappa shape index (κ3) is 1.93. The Morgan fingerprint density at radius 3 is 2.63 bits per heavy atom. The van der Waals surface area contributed by atoms with Crippen molar-refractivity contribution in [3.05, 3.63) is 18.5 Å². The molecule has 2 N–H and O–H groups in total. The summed E-state index contributed by atoms with van der Waals surface area (Å²) in [6.07, 6.45) is 7.23. The number of hydrogen-bond donors (Lipinski definition) is 1. The first-order chi connectivity index (χ1) is 9.12. The molecule has 0 saturated carbocycles. The highest BCUT2D eigenvalue weighted by Gasteiger charge is 2.44. The lowest BCUT2D eigenvalue weighted by molar-refractivity contribution is -0.130. The zero-order valence-corrected chi connectivity index (χ0v) is 11.3. The minimum atomic E-state index is 0.0926. The summed E-state index contributed by atoms with van der Waals surface area (Å²) >= 11 is 0. The smallest absolute Gasteiger partial charge is 0.222 e. The van der Waals surface area contributed by atoms with Crippen LogP contribution < -0.4 is 10.6 Å². The topological polar surface area (TPSA) is 62.5 Å². The number of hydrogen-bond acceptors (Lipinski definition) is 4.